The van der Waals surface area contributed by atoms with Gasteiger partial charge in [-0.25, -0.2) is 4.89 Å². The largest absolute Gasteiger partial charge is 0.464 e. The van der Waals surface area contributed by atoms with Crippen LogP contribution in [0.1, 0.15) is 29.5 Å². The quantitative estimate of drug-likeness (QED) is 0.637. The monoisotopic (exact) mass is 306 g/mol. The van der Waals surface area contributed by atoms with E-state index in [1.54, 1.807) is 0 Å². The maximum atomic E-state index is 5.56. The molecule has 0 aliphatic carbocycles. The van der Waals surface area contributed by atoms with E-state index in [0.29, 0.717) is 12.5 Å². The molecule has 0 fully saturated rings. The lowest BCUT2D eigenvalue weighted by atomic mass is 9.91. The van der Waals surface area contributed by atoms with Gasteiger partial charge in [0.1, 0.15) is 12.4 Å². The summed E-state index contributed by atoms with van der Waals surface area (Å²) in [6, 6.07) is 21.3. The average molecular weight is 306 g/mol. The summed E-state index contributed by atoms with van der Waals surface area (Å²) in [5, 5.41) is 2.35. The zero-order valence-corrected chi connectivity index (χ0v) is 13.0. The predicted molar refractivity (Wildman–Crippen MR) is 89.3 cm³/mol. The van der Waals surface area contributed by atoms with Crippen LogP contribution in [0.4, 0.5) is 0 Å². The molecule has 3 aromatic carbocycles. The second-order valence-electron chi connectivity index (χ2n) is 5.84. The number of fused-ring (bicyclic) bond motifs is 2. The number of hydrogen-bond acceptors (Lipinski definition) is 3. The van der Waals surface area contributed by atoms with E-state index in [1.807, 2.05) is 6.07 Å². The zero-order chi connectivity index (χ0) is 15.6. The molecule has 3 nitrogen and oxygen atoms in total. The van der Waals surface area contributed by atoms with Crippen LogP contribution in [0.25, 0.3) is 10.8 Å². The maximum Gasteiger partial charge on any atom is 0.221 e. The van der Waals surface area contributed by atoms with E-state index in [0.717, 1.165) is 16.7 Å². The summed E-state index contributed by atoms with van der Waals surface area (Å²) in [6.07, 6.45) is 0. The van der Waals surface area contributed by atoms with Crippen LogP contribution in [0.5, 0.6) is 5.75 Å². The predicted octanol–water partition coefficient (Wildman–Crippen LogP) is 4.79. The van der Waals surface area contributed by atoms with Crippen LogP contribution in [0.3, 0.4) is 0 Å². The van der Waals surface area contributed by atoms with E-state index < -0.39 is 0 Å². The summed E-state index contributed by atoms with van der Waals surface area (Å²) in [5.74, 6) is 1.19. The van der Waals surface area contributed by atoms with Crippen LogP contribution in [0.15, 0.2) is 60.7 Å². The minimum absolute atomic E-state index is 0.127. The lowest BCUT2D eigenvalue weighted by Gasteiger charge is -2.14. The first-order chi connectivity index (χ1) is 11.3. The Morgan fingerprint density at radius 1 is 0.826 bits per heavy atom. The topological polar surface area (TPSA) is 27.7 Å². The van der Waals surface area contributed by atoms with Gasteiger partial charge >= 0.3 is 0 Å². The Bertz CT molecular complexity index is 827. The smallest absolute Gasteiger partial charge is 0.221 e. The van der Waals surface area contributed by atoms with E-state index in [2.05, 4.69) is 61.5 Å². The van der Waals surface area contributed by atoms with Gasteiger partial charge in [0.25, 0.3) is 0 Å². The van der Waals surface area contributed by atoms with Crippen LogP contribution in [0, 0.1) is 0 Å². The van der Waals surface area contributed by atoms with Gasteiger partial charge in [0, 0.05) is 11.5 Å². The molecule has 0 bridgehead atoms. The number of hydrogen-bond donors (Lipinski definition) is 0. The van der Waals surface area contributed by atoms with Crippen molar-refractivity contribution in [2.75, 3.05) is 6.79 Å². The van der Waals surface area contributed by atoms with Gasteiger partial charge in [0.2, 0.25) is 6.79 Å². The number of ether oxygens (including phenoxy) is 1. The summed E-state index contributed by atoms with van der Waals surface area (Å²) >= 11 is 0. The fraction of sp³-hybridized carbons (Fsp3) is 0.200. The van der Waals surface area contributed by atoms with Crippen LogP contribution < -0.4 is 4.74 Å². The van der Waals surface area contributed by atoms with Gasteiger partial charge in [0.05, 0.1) is 0 Å². The number of benzene rings is 3. The SMILES string of the molecule is CC(c1ccccc1)c1ccc2cc3c(cc2c1)COOCO3. The van der Waals surface area contributed by atoms with Crippen molar-refractivity contribution in [2.45, 2.75) is 19.4 Å². The van der Waals surface area contributed by atoms with Gasteiger partial charge in [0.15, 0.2) is 0 Å². The third-order valence-corrected chi connectivity index (χ3v) is 4.40. The number of rotatable bonds is 2. The van der Waals surface area contributed by atoms with Crippen molar-refractivity contribution in [1.29, 1.82) is 0 Å². The first kappa shape index (κ1) is 14.2. The van der Waals surface area contributed by atoms with E-state index >= 15 is 0 Å². The molecule has 1 unspecified atom stereocenters. The van der Waals surface area contributed by atoms with Gasteiger partial charge in [-0.05, 0) is 34.0 Å². The van der Waals surface area contributed by atoms with Crippen molar-refractivity contribution in [3.63, 3.8) is 0 Å². The lowest BCUT2D eigenvalue weighted by molar-refractivity contribution is -0.325. The molecule has 3 aromatic rings. The van der Waals surface area contributed by atoms with Crippen LogP contribution in [0.2, 0.25) is 0 Å². The molecule has 0 amide bonds. The van der Waals surface area contributed by atoms with Crippen molar-refractivity contribution in [2.24, 2.45) is 0 Å². The normalized spacial score (nSPS) is 15.5. The lowest BCUT2D eigenvalue weighted by Crippen LogP contribution is -1.98. The second-order valence-corrected chi connectivity index (χ2v) is 5.84. The molecule has 0 radical (unpaired) electrons. The van der Waals surface area contributed by atoms with Crippen LogP contribution in [-0.2, 0) is 16.4 Å². The Morgan fingerprint density at radius 3 is 2.57 bits per heavy atom. The molecule has 0 aromatic heterocycles. The first-order valence-corrected chi connectivity index (χ1v) is 7.80. The summed E-state index contributed by atoms with van der Waals surface area (Å²) in [7, 11) is 0. The Morgan fingerprint density at radius 2 is 1.70 bits per heavy atom. The highest BCUT2D eigenvalue weighted by atomic mass is 17.2. The van der Waals surface area contributed by atoms with Crippen LogP contribution in [-0.4, -0.2) is 6.79 Å². The zero-order valence-electron chi connectivity index (χ0n) is 13.0. The molecule has 1 atom stereocenters. The third kappa shape index (κ3) is 2.81. The minimum atomic E-state index is 0.127. The van der Waals surface area contributed by atoms with Gasteiger partial charge in [-0.15, -0.1) is 0 Å². The summed E-state index contributed by atoms with van der Waals surface area (Å²) in [5.41, 5.74) is 3.64. The molecule has 1 aliphatic heterocycles. The van der Waals surface area contributed by atoms with Crippen molar-refractivity contribution in [1.82, 2.24) is 0 Å². The molecule has 116 valence electrons. The van der Waals surface area contributed by atoms with Crippen molar-refractivity contribution in [3.05, 3.63) is 77.4 Å². The molecule has 0 spiro atoms. The minimum Gasteiger partial charge on any atom is -0.464 e. The fourth-order valence-electron chi connectivity index (χ4n) is 3.02. The highest BCUT2D eigenvalue weighted by Crippen LogP contribution is 2.32. The highest BCUT2D eigenvalue weighted by molar-refractivity contribution is 5.86. The summed E-state index contributed by atoms with van der Waals surface area (Å²) in [6.45, 7) is 2.77. The first-order valence-electron chi connectivity index (χ1n) is 7.80. The summed E-state index contributed by atoms with van der Waals surface area (Å²) < 4.78 is 5.56. The molecular weight excluding hydrogens is 288 g/mol. The molecule has 0 saturated carbocycles. The molecule has 1 aliphatic rings. The standard InChI is InChI=1S/C20H18O3/c1-14(15-5-3-2-4-6-15)16-7-8-17-11-20-19(10-18(17)9-16)12-22-23-13-21-20/h2-11,14H,12-13H2,1H3. The van der Waals surface area contributed by atoms with E-state index in [-0.39, 0.29) is 6.79 Å². The van der Waals surface area contributed by atoms with Crippen molar-refractivity contribution >= 4 is 10.8 Å². The summed E-state index contributed by atoms with van der Waals surface area (Å²) in [4.78, 5) is 9.99. The molecular formula is C20H18O3. The highest BCUT2D eigenvalue weighted by Gasteiger charge is 2.13. The molecule has 0 saturated heterocycles. The van der Waals surface area contributed by atoms with Gasteiger partial charge in [-0.1, -0.05) is 55.5 Å². The Hall–Kier alpha value is -2.36. The van der Waals surface area contributed by atoms with Crippen molar-refractivity contribution in [3.8, 4) is 5.75 Å². The van der Waals surface area contributed by atoms with Crippen LogP contribution >= 0.6 is 0 Å². The molecule has 1 heterocycles. The fourth-order valence-corrected chi connectivity index (χ4v) is 3.02. The Balaban J connectivity index is 1.75. The van der Waals surface area contributed by atoms with Crippen molar-refractivity contribution < 1.29 is 14.5 Å². The molecule has 4 rings (SSSR count). The average Bonchev–Trinajstić information content (AvgIpc) is 2.84. The Kier molecular flexibility index (Phi) is 3.74. The second kappa shape index (κ2) is 6.03. The van der Waals surface area contributed by atoms with E-state index in [1.165, 1.54) is 16.5 Å². The molecule has 3 heteroatoms. The molecule has 0 N–H and O–H groups in total. The van der Waals surface area contributed by atoms with E-state index in [4.69, 9.17) is 14.5 Å². The maximum absolute atomic E-state index is 5.56. The van der Waals surface area contributed by atoms with Gasteiger partial charge < -0.3 is 4.74 Å². The van der Waals surface area contributed by atoms with Gasteiger partial charge in [-0.3, -0.25) is 0 Å². The Labute approximate surface area is 135 Å². The van der Waals surface area contributed by atoms with E-state index in [9.17, 15) is 0 Å². The third-order valence-electron chi connectivity index (χ3n) is 4.40. The van der Waals surface area contributed by atoms with Gasteiger partial charge in [-0.2, -0.15) is 4.89 Å². The molecule has 23 heavy (non-hydrogen) atoms.